The van der Waals surface area contributed by atoms with Crippen molar-refractivity contribution >= 4 is 23.0 Å². The largest absolute Gasteiger partial charge is 0.306 e. The predicted molar refractivity (Wildman–Crippen MR) is 84.1 cm³/mol. The molecule has 4 nitrogen and oxygen atoms in total. The molecule has 0 N–H and O–H groups in total. The second-order valence-corrected chi connectivity index (χ2v) is 5.00. The molecular weight excluding hydrogens is 262 g/mol. The van der Waals surface area contributed by atoms with Crippen molar-refractivity contribution in [3.63, 3.8) is 0 Å². The van der Waals surface area contributed by atoms with Crippen LogP contribution in [0.5, 0.6) is 0 Å². The molecule has 0 fully saturated rings. The van der Waals surface area contributed by atoms with Crippen molar-refractivity contribution in [2.75, 3.05) is 11.4 Å². The van der Waals surface area contributed by atoms with Crippen LogP contribution in [0.1, 0.15) is 25.3 Å². The number of rotatable bonds is 4. The first-order valence-corrected chi connectivity index (χ1v) is 7.21. The van der Waals surface area contributed by atoms with Crippen molar-refractivity contribution in [1.29, 1.82) is 0 Å². The van der Waals surface area contributed by atoms with E-state index in [1.165, 1.54) is 0 Å². The van der Waals surface area contributed by atoms with E-state index in [0.29, 0.717) is 11.4 Å². The lowest BCUT2D eigenvalue weighted by molar-refractivity contribution is -0.112. The number of carbonyl (C=O) groups is 1. The van der Waals surface area contributed by atoms with Crippen LogP contribution >= 0.6 is 0 Å². The average molecular weight is 279 g/mol. The van der Waals surface area contributed by atoms with Crippen LogP contribution in [0.2, 0.25) is 0 Å². The molecule has 1 aromatic carbocycles. The molecule has 0 aliphatic carbocycles. The molecular formula is C17H17N3O. The molecule has 21 heavy (non-hydrogen) atoms. The maximum Gasteiger partial charge on any atom is 0.277 e. The lowest BCUT2D eigenvalue weighted by Gasteiger charge is -2.15. The highest BCUT2D eigenvalue weighted by atomic mass is 16.2. The molecule has 0 radical (unpaired) electrons. The van der Waals surface area contributed by atoms with Crippen LogP contribution in [0.4, 0.5) is 11.4 Å². The standard InChI is InChI=1S/C17H17N3O/c1-2-3-11-20-15-9-5-4-8-14(15)16(17(20)21)19-13-7-6-10-18-12-13/h4-10,12H,2-3,11H2,1H3. The minimum atomic E-state index is -0.0199. The highest BCUT2D eigenvalue weighted by Crippen LogP contribution is 2.30. The first-order chi connectivity index (χ1) is 10.3. The molecule has 0 saturated heterocycles. The molecule has 4 heteroatoms. The molecule has 0 saturated carbocycles. The third kappa shape index (κ3) is 2.57. The summed E-state index contributed by atoms with van der Waals surface area (Å²) in [6.07, 6.45) is 5.40. The Morgan fingerprint density at radius 2 is 2.05 bits per heavy atom. The summed E-state index contributed by atoms with van der Waals surface area (Å²) in [7, 11) is 0. The van der Waals surface area contributed by atoms with Gasteiger partial charge in [-0.2, -0.15) is 0 Å². The van der Waals surface area contributed by atoms with E-state index < -0.39 is 0 Å². The van der Waals surface area contributed by atoms with Crippen LogP contribution in [-0.4, -0.2) is 23.1 Å². The van der Waals surface area contributed by atoms with Crippen molar-refractivity contribution < 1.29 is 4.79 Å². The van der Waals surface area contributed by atoms with Crippen LogP contribution in [0, 0.1) is 0 Å². The monoisotopic (exact) mass is 279 g/mol. The van der Waals surface area contributed by atoms with Crippen molar-refractivity contribution in [2.24, 2.45) is 4.99 Å². The number of hydrogen-bond acceptors (Lipinski definition) is 3. The van der Waals surface area contributed by atoms with Gasteiger partial charge in [-0.15, -0.1) is 0 Å². The van der Waals surface area contributed by atoms with Crippen LogP contribution < -0.4 is 4.90 Å². The summed E-state index contributed by atoms with van der Waals surface area (Å²) in [5.74, 6) is -0.0199. The van der Waals surface area contributed by atoms with E-state index in [-0.39, 0.29) is 5.91 Å². The van der Waals surface area contributed by atoms with Gasteiger partial charge in [-0.3, -0.25) is 9.78 Å². The highest BCUT2D eigenvalue weighted by molar-refractivity contribution is 6.54. The number of nitrogens with zero attached hydrogens (tertiary/aromatic N) is 3. The highest BCUT2D eigenvalue weighted by Gasteiger charge is 2.33. The van der Waals surface area contributed by atoms with E-state index in [0.717, 1.165) is 30.6 Å². The molecule has 1 aliphatic rings. The molecule has 0 unspecified atom stereocenters. The first kappa shape index (κ1) is 13.5. The SMILES string of the molecule is CCCCN1C(=O)C(=Nc2cccnc2)c2ccccc21. The van der Waals surface area contributed by atoms with Gasteiger partial charge in [0, 0.05) is 18.3 Å². The summed E-state index contributed by atoms with van der Waals surface area (Å²) in [4.78, 5) is 23.0. The second kappa shape index (κ2) is 5.87. The number of amides is 1. The molecule has 0 bridgehead atoms. The van der Waals surface area contributed by atoms with Gasteiger partial charge in [0.05, 0.1) is 17.6 Å². The van der Waals surface area contributed by atoms with Gasteiger partial charge in [-0.05, 0) is 24.6 Å². The van der Waals surface area contributed by atoms with Crippen LogP contribution in [-0.2, 0) is 4.79 Å². The Morgan fingerprint density at radius 1 is 1.19 bits per heavy atom. The van der Waals surface area contributed by atoms with Gasteiger partial charge < -0.3 is 4.90 Å². The van der Waals surface area contributed by atoms with Gasteiger partial charge in [0.25, 0.3) is 5.91 Å². The molecule has 1 aliphatic heterocycles. The van der Waals surface area contributed by atoms with E-state index in [4.69, 9.17) is 0 Å². The molecule has 2 heterocycles. The zero-order chi connectivity index (χ0) is 14.7. The summed E-state index contributed by atoms with van der Waals surface area (Å²) in [5, 5.41) is 0. The van der Waals surface area contributed by atoms with Gasteiger partial charge >= 0.3 is 0 Å². The summed E-state index contributed by atoms with van der Waals surface area (Å²) in [6, 6.07) is 11.5. The Balaban J connectivity index is 2.02. The molecule has 0 atom stereocenters. The number of anilines is 1. The van der Waals surface area contributed by atoms with Crippen molar-refractivity contribution in [3.05, 3.63) is 54.4 Å². The Hall–Kier alpha value is -2.49. The second-order valence-electron chi connectivity index (χ2n) is 5.00. The van der Waals surface area contributed by atoms with Gasteiger partial charge in [-0.1, -0.05) is 31.5 Å². The zero-order valence-corrected chi connectivity index (χ0v) is 12.0. The van der Waals surface area contributed by atoms with Crippen LogP contribution in [0.25, 0.3) is 0 Å². The Kier molecular flexibility index (Phi) is 3.77. The maximum atomic E-state index is 12.6. The fraction of sp³-hybridized carbons (Fsp3) is 0.235. The maximum absolute atomic E-state index is 12.6. The quantitative estimate of drug-likeness (QED) is 0.861. The summed E-state index contributed by atoms with van der Waals surface area (Å²) in [6.45, 7) is 2.86. The van der Waals surface area contributed by atoms with Crippen molar-refractivity contribution in [2.45, 2.75) is 19.8 Å². The van der Waals surface area contributed by atoms with Crippen molar-refractivity contribution in [3.8, 4) is 0 Å². The lowest BCUT2D eigenvalue weighted by atomic mass is 10.1. The van der Waals surface area contributed by atoms with Gasteiger partial charge in [0.1, 0.15) is 5.71 Å². The summed E-state index contributed by atoms with van der Waals surface area (Å²) < 4.78 is 0. The Morgan fingerprint density at radius 3 is 2.81 bits per heavy atom. The number of para-hydroxylation sites is 1. The Bertz CT molecular complexity index is 679. The van der Waals surface area contributed by atoms with E-state index in [1.54, 1.807) is 12.4 Å². The minimum Gasteiger partial charge on any atom is -0.306 e. The number of aliphatic imine (C=N–C) groups is 1. The lowest BCUT2D eigenvalue weighted by Crippen LogP contribution is -2.30. The third-order valence-corrected chi connectivity index (χ3v) is 3.52. The smallest absolute Gasteiger partial charge is 0.277 e. The van der Waals surface area contributed by atoms with E-state index in [1.807, 2.05) is 41.3 Å². The van der Waals surface area contributed by atoms with E-state index in [2.05, 4.69) is 16.9 Å². The fourth-order valence-electron chi connectivity index (χ4n) is 2.46. The molecule has 106 valence electrons. The number of unbranched alkanes of at least 4 members (excludes halogenated alkanes) is 1. The summed E-state index contributed by atoms with van der Waals surface area (Å²) in [5.41, 5.74) is 3.07. The first-order valence-electron chi connectivity index (χ1n) is 7.21. The topological polar surface area (TPSA) is 45.6 Å². The Labute approximate surface area is 124 Å². The van der Waals surface area contributed by atoms with Crippen LogP contribution in [0.15, 0.2) is 53.8 Å². The molecule has 1 amide bonds. The number of aromatic nitrogens is 1. The molecule has 1 aromatic heterocycles. The van der Waals surface area contributed by atoms with Gasteiger partial charge in [-0.25, -0.2) is 4.99 Å². The third-order valence-electron chi connectivity index (χ3n) is 3.52. The minimum absolute atomic E-state index is 0.0199. The summed E-state index contributed by atoms with van der Waals surface area (Å²) >= 11 is 0. The number of pyridine rings is 1. The van der Waals surface area contributed by atoms with Crippen molar-refractivity contribution in [1.82, 2.24) is 4.98 Å². The number of benzene rings is 1. The molecule has 2 aromatic rings. The number of hydrogen-bond donors (Lipinski definition) is 0. The average Bonchev–Trinajstić information content (AvgIpc) is 2.79. The van der Waals surface area contributed by atoms with Gasteiger partial charge in [0.15, 0.2) is 0 Å². The van der Waals surface area contributed by atoms with E-state index >= 15 is 0 Å². The van der Waals surface area contributed by atoms with Crippen LogP contribution in [0.3, 0.4) is 0 Å². The number of fused-ring (bicyclic) bond motifs is 1. The van der Waals surface area contributed by atoms with E-state index in [9.17, 15) is 4.79 Å². The van der Waals surface area contributed by atoms with Gasteiger partial charge in [0.2, 0.25) is 0 Å². The normalized spacial score (nSPS) is 15.6. The molecule has 0 spiro atoms. The predicted octanol–water partition coefficient (Wildman–Crippen LogP) is 3.35. The zero-order valence-electron chi connectivity index (χ0n) is 12.0. The number of carbonyl (C=O) groups excluding carboxylic acids is 1. The molecule has 3 rings (SSSR count). The fourth-order valence-corrected chi connectivity index (χ4v) is 2.46.